The van der Waals surface area contributed by atoms with E-state index in [0.29, 0.717) is 17.1 Å². The normalized spacial score (nSPS) is 10.6. The second-order valence-electron chi connectivity index (χ2n) is 5.57. The molecule has 0 aliphatic carbocycles. The van der Waals surface area contributed by atoms with Gasteiger partial charge in [-0.3, -0.25) is 0 Å². The van der Waals surface area contributed by atoms with Crippen LogP contribution in [0.2, 0.25) is 0 Å². The van der Waals surface area contributed by atoms with Crippen LogP contribution in [0.25, 0.3) is 11.3 Å². The van der Waals surface area contributed by atoms with Crippen LogP contribution in [0.3, 0.4) is 0 Å². The molecular weight excluding hydrogens is 336 g/mol. The Hall–Kier alpha value is -2.66. The molecule has 1 N–H and O–H groups in total. The molecule has 1 aromatic heterocycles. The predicted octanol–water partition coefficient (Wildman–Crippen LogP) is 4.62. The molecule has 128 valence electrons. The van der Waals surface area contributed by atoms with Gasteiger partial charge in [-0.25, -0.2) is 4.79 Å². The minimum Gasteiger partial charge on any atom is -0.506 e. The van der Waals surface area contributed by atoms with Gasteiger partial charge >= 0.3 is 5.63 Å². The first-order chi connectivity index (χ1) is 12.1. The summed E-state index contributed by atoms with van der Waals surface area (Å²) in [6.45, 7) is 1.91. The van der Waals surface area contributed by atoms with Crippen LogP contribution >= 0.6 is 11.8 Å². The van der Waals surface area contributed by atoms with Crippen LogP contribution in [-0.2, 0) is 5.75 Å². The number of methoxy groups -OCH3 is 1. The summed E-state index contributed by atoms with van der Waals surface area (Å²) >= 11 is 1.26. The van der Waals surface area contributed by atoms with Crippen LogP contribution in [0.4, 0.5) is 0 Å². The van der Waals surface area contributed by atoms with Crippen LogP contribution in [0.15, 0.2) is 68.7 Å². The number of thioether (sulfide) groups is 1. The van der Waals surface area contributed by atoms with Crippen molar-refractivity contribution in [3.63, 3.8) is 0 Å². The Morgan fingerprint density at radius 1 is 1.12 bits per heavy atom. The van der Waals surface area contributed by atoms with Gasteiger partial charge in [0.15, 0.2) is 0 Å². The molecule has 4 nitrogen and oxygen atoms in total. The van der Waals surface area contributed by atoms with E-state index in [2.05, 4.69) is 0 Å². The molecule has 0 amide bonds. The summed E-state index contributed by atoms with van der Waals surface area (Å²) in [5.41, 5.74) is 2.17. The van der Waals surface area contributed by atoms with Crippen molar-refractivity contribution in [1.29, 1.82) is 0 Å². The van der Waals surface area contributed by atoms with Crippen molar-refractivity contribution in [2.45, 2.75) is 17.6 Å². The van der Waals surface area contributed by atoms with Gasteiger partial charge in [0, 0.05) is 17.4 Å². The lowest BCUT2D eigenvalue weighted by molar-refractivity contribution is 0.411. The maximum absolute atomic E-state index is 12.3. The number of hydrogen-bond donors (Lipinski definition) is 1. The molecule has 0 spiro atoms. The fourth-order valence-electron chi connectivity index (χ4n) is 2.51. The van der Waals surface area contributed by atoms with Crippen LogP contribution in [0, 0.1) is 6.92 Å². The molecule has 0 radical (unpaired) electrons. The van der Waals surface area contributed by atoms with Crippen molar-refractivity contribution in [3.05, 3.63) is 76.1 Å². The first kappa shape index (κ1) is 17.2. The molecule has 0 aliphatic heterocycles. The minimum absolute atomic E-state index is 0.0688. The summed E-state index contributed by atoms with van der Waals surface area (Å²) in [5, 5.41) is 10.3. The van der Waals surface area contributed by atoms with E-state index in [1.165, 1.54) is 17.8 Å². The van der Waals surface area contributed by atoms with Gasteiger partial charge in [-0.05, 0) is 36.2 Å². The number of hydrogen-bond acceptors (Lipinski definition) is 5. The van der Waals surface area contributed by atoms with E-state index in [4.69, 9.17) is 9.15 Å². The molecule has 2 aromatic carbocycles. The number of aromatic hydroxyl groups is 1. The van der Waals surface area contributed by atoms with Gasteiger partial charge in [-0.15, -0.1) is 11.8 Å². The Kier molecular flexibility index (Phi) is 5.14. The highest BCUT2D eigenvalue weighted by Crippen LogP contribution is 2.32. The molecule has 3 rings (SSSR count). The van der Waals surface area contributed by atoms with E-state index in [9.17, 15) is 9.90 Å². The molecule has 0 aliphatic rings. The Labute approximate surface area is 150 Å². The fraction of sp³-hybridized carbons (Fsp3) is 0.150. The predicted molar refractivity (Wildman–Crippen MR) is 99.4 cm³/mol. The zero-order valence-corrected chi connectivity index (χ0v) is 14.8. The molecule has 1 heterocycles. The molecule has 0 atom stereocenters. The molecule has 0 fully saturated rings. The summed E-state index contributed by atoms with van der Waals surface area (Å²) in [6, 6.07) is 16.7. The Bertz CT molecular complexity index is 932. The Morgan fingerprint density at radius 3 is 2.52 bits per heavy atom. The second kappa shape index (κ2) is 7.49. The van der Waals surface area contributed by atoms with Gasteiger partial charge in [0.2, 0.25) is 0 Å². The Balaban J connectivity index is 1.87. The zero-order valence-electron chi connectivity index (χ0n) is 14.0. The summed E-state index contributed by atoms with van der Waals surface area (Å²) in [4.78, 5) is 12.5. The van der Waals surface area contributed by atoms with Crippen molar-refractivity contribution < 1.29 is 14.3 Å². The SMILES string of the molecule is COc1ccc(-c2cc(O)c(SCc3ccccc3)c(=O)o2)cc1C. The lowest BCUT2D eigenvalue weighted by Crippen LogP contribution is -2.03. The molecule has 0 saturated heterocycles. The highest BCUT2D eigenvalue weighted by atomic mass is 32.2. The van der Waals surface area contributed by atoms with Crippen LogP contribution in [0.5, 0.6) is 11.5 Å². The fourth-order valence-corrected chi connectivity index (χ4v) is 3.38. The molecule has 25 heavy (non-hydrogen) atoms. The average Bonchev–Trinajstić information content (AvgIpc) is 2.61. The molecule has 3 aromatic rings. The summed E-state index contributed by atoms with van der Waals surface area (Å²) < 4.78 is 10.6. The van der Waals surface area contributed by atoms with Crippen molar-refractivity contribution in [1.82, 2.24) is 0 Å². The monoisotopic (exact) mass is 354 g/mol. The Morgan fingerprint density at radius 2 is 1.88 bits per heavy atom. The quantitative estimate of drug-likeness (QED) is 0.677. The van der Waals surface area contributed by atoms with Gasteiger partial charge < -0.3 is 14.3 Å². The lowest BCUT2D eigenvalue weighted by Gasteiger charge is -2.08. The molecule has 0 saturated carbocycles. The third-order valence-electron chi connectivity index (χ3n) is 3.79. The third-order valence-corrected chi connectivity index (χ3v) is 4.94. The first-order valence-corrected chi connectivity index (χ1v) is 8.76. The smallest absolute Gasteiger partial charge is 0.353 e. The van der Waals surface area contributed by atoms with E-state index < -0.39 is 5.63 Å². The van der Waals surface area contributed by atoms with Crippen molar-refractivity contribution in [2.75, 3.05) is 7.11 Å². The molecule has 0 bridgehead atoms. The topological polar surface area (TPSA) is 59.7 Å². The maximum Gasteiger partial charge on any atom is 0.353 e. The number of rotatable bonds is 5. The molecule has 5 heteroatoms. The summed E-state index contributed by atoms with van der Waals surface area (Å²) in [6.07, 6.45) is 0. The van der Waals surface area contributed by atoms with Crippen molar-refractivity contribution in [2.24, 2.45) is 0 Å². The summed E-state index contributed by atoms with van der Waals surface area (Å²) in [7, 11) is 1.60. The third kappa shape index (κ3) is 3.88. The van der Waals surface area contributed by atoms with Gasteiger partial charge in [0.25, 0.3) is 0 Å². The number of benzene rings is 2. The van der Waals surface area contributed by atoms with E-state index in [0.717, 1.165) is 16.9 Å². The minimum atomic E-state index is -0.538. The van der Waals surface area contributed by atoms with Gasteiger partial charge in [0.05, 0.1) is 7.11 Å². The van der Waals surface area contributed by atoms with Crippen LogP contribution < -0.4 is 10.4 Å². The van der Waals surface area contributed by atoms with E-state index in [-0.39, 0.29) is 10.6 Å². The van der Waals surface area contributed by atoms with E-state index in [1.807, 2.05) is 43.3 Å². The first-order valence-electron chi connectivity index (χ1n) is 7.77. The number of aryl methyl sites for hydroxylation is 1. The zero-order chi connectivity index (χ0) is 17.8. The van der Waals surface area contributed by atoms with Crippen LogP contribution in [-0.4, -0.2) is 12.2 Å². The van der Waals surface area contributed by atoms with Gasteiger partial charge in [-0.1, -0.05) is 30.3 Å². The average molecular weight is 354 g/mol. The lowest BCUT2D eigenvalue weighted by atomic mass is 10.1. The summed E-state index contributed by atoms with van der Waals surface area (Å²) in [5.74, 6) is 1.60. The number of ether oxygens (including phenoxy) is 1. The standard InChI is InChI=1S/C20H18O4S/c1-13-10-15(8-9-17(13)23-2)18-11-16(21)19(20(22)24-18)25-12-14-6-4-3-5-7-14/h3-11,21H,12H2,1-2H3. The highest BCUT2D eigenvalue weighted by molar-refractivity contribution is 7.98. The maximum atomic E-state index is 12.3. The van der Waals surface area contributed by atoms with Gasteiger partial charge in [-0.2, -0.15) is 0 Å². The second-order valence-corrected chi connectivity index (χ2v) is 6.56. The highest BCUT2D eigenvalue weighted by Gasteiger charge is 2.14. The van der Waals surface area contributed by atoms with E-state index in [1.54, 1.807) is 19.2 Å². The van der Waals surface area contributed by atoms with E-state index >= 15 is 0 Å². The van der Waals surface area contributed by atoms with Crippen molar-refractivity contribution >= 4 is 11.8 Å². The van der Waals surface area contributed by atoms with Gasteiger partial charge in [0.1, 0.15) is 22.2 Å². The molecule has 0 unspecified atom stereocenters. The largest absolute Gasteiger partial charge is 0.506 e. The van der Waals surface area contributed by atoms with Crippen LogP contribution in [0.1, 0.15) is 11.1 Å². The molecular formula is C20H18O4S. The van der Waals surface area contributed by atoms with Crippen molar-refractivity contribution in [3.8, 4) is 22.8 Å².